The topological polar surface area (TPSA) is 52.6 Å². The second kappa shape index (κ2) is 7.81. The summed E-state index contributed by atoms with van der Waals surface area (Å²) in [4.78, 5) is 24.7. The maximum absolute atomic E-state index is 12.4. The van der Waals surface area contributed by atoms with Crippen LogP contribution in [-0.4, -0.2) is 25.2 Å². The summed E-state index contributed by atoms with van der Waals surface area (Å²) in [5.41, 5.74) is -0.219. The highest BCUT2D eigenvalue weighted by Crippen LogP contribution is 2.47. The maximum atomic E-state index is 12.4. The van der Waals surface area contributed by atoms with Gasteiger partial charge in [0, 0.05) is 0 Å². The molecule has 0 aromatic rings. The van der Waals surface area contributed by atoms with Gasteiger partial charge < -0.3 is 9.47 Å². The fourth-order valence-corrected chi connectivity index (χ4v) is 2.68. The zero-order chi connectivity index (χ0) is 15.9. The van der Waals surface area contributed by atoms with Gasteiger partial charge in [0.1, 0.15) is 0 Å². The minimum atomic E-state index is -1.24. The summed E-state index contributed by atoms with van der Waals surface area (Å²) in [6.45, 7) is 11.4. The van der Waals surface area contributed by atoms with Crippen molar-refractivity contribution in [3.8, 4) is 0 Å². The van der Waals surface area contributed by atoms with Crippen molar-refractivity contribution >= 4 is 11.9 Å². The highest BCUT2D eigenvalue weighted by atomic mass is 16.6. The molecule has 0 aromatic carbocycles. The van der Waals surface area contributed by atoms with E-state index in [0.717, 1.165) is 5.57 Å². The van der Waals surface area contributed by atoms with Gasteiger partial charge in [-0.1, -0.05) is 23.8 Å². The summed E-state index contributed by atoms with van der Waals surface area (Å²) in [5.74, 6) is -1.02. The van der Waals surface area contributed by atoms with Gasteiger partial charge >= 0.3 is 11.9 Å². The minimum absolute atomic E-state index is 0.0150. The number of ether oxygens (including phenoxy) is 2. The number of carbonyl (C=O) groups excluding carboxylic acids is 2. The summed E-state index contributed by atoms with van der Waals surface area (Å²) in [6, 6.07) is 0. The van der Waals surface area contributed by atoms with Crippen LogP contribution in [0.3, 0.4) is 0 Å². The van der Waals surface area contributed by atoms with Crippen molar-refractivity contribution in [1.29, 1.82) is 0 Å². The Hall–Kier alpha value is -1.84. The van der Waals surface area contributed by atoms with Crippen molar-refractivity contribution in [3.63, 3.8) is 0 Å². The van der Waals surface area contributed by atoms with Crippen LogP contribution in [0, 0.1) is 11.3 Å². The molecule has 1 saturated carbocycles. The number of rotatable bonds is 7. The molecule has 0 bridgehead atoms. The predicted molar refractivity (Wildman–Crippen MR) is 81.5 cm³/mol. The van der Waals surface area contributed by atoms with Crippen molar-refractivity contribution < 1.29 is 19.1 Å². The van der Waals surface area contributed by atoms with E-state index < -0.39 is 17.4 Å². The first-order valence-corrected chi connectivity index (χ1v) is 7.32. The first-order valence-electron chi connectivity index (χ1n) is 7.32. The average Bonchev–Trinajstić information content (AvgIpc) is 2.86. The summed E-state index contributed by atoms with van der Waals surface area (Å²) in [7, 11) is 0. The summed E-state index contributed by atoms with van der Waals surface area (Å²) < 4.78 is 10.2. The quantitative estimate of drug-likeness (QED) is 0.411. The molecule has 21 heavy (non-hydrogen) atoms. The maximum Gasteiger partial charge on any atom is 0.323 e. The molecule has 4 nitrogen and oxygen atoms in total. The molecule has 1 aliphatic carbocycles. The van der Waals surface area contributed by atoms with Gasteiger partial charge in [-0.25, -0.2) is 0 Å². The highest BCUT2D eigenvalue weighted by Gasteiger charge is 2.55. The second-order valence-electron chi connectivity index (χ2n) is 5.05. The fourth-order valence-electron chi connectivity index (χ4n) is 2.68. The van der Waals surface area contributed by atoms with Crippen LogP contribution in [0.25, 0.3) is 0 Å². The molecule has 1 unspecified atom stereocenters. The smallest absolute Gasteiger partial charge is 0.323 e. The number of allylic oxidation sites excluding steroid dienone is 4. The Balaban J connectivity index is 3.14. The second-order valence-corrected chi connectivity index (χ2v) is 5.05. The average molecular weight is 292 g/mol. The first-order chi connectivity index (χ1) is 10.1. The molecule has 0 aromatic heterocycles. The third-order valence-electron chi connectivity index (χ3n) is 3.71. The summed E-state index contributed by atoms with van der Waals surface area (Å²) in [5, 5.41) is 0. The van der Waals surface area contributed by atoms with Gasteiger partial charge in [-0.15, -0.1) is 13.2 Å². The third-order valence-corrected chi connectivity index (χ3v) is 3.71. The normalized spacial score (nSPS) is 21.8. The van der Waals surface area contributed by atoms with Crippen LogP contribution in [0.2, 0.25) is 0 Å². The van der Waals surface area contributed by atoms with Gasteiger partial charge in [0.2, 0.25) is 0 Å². The van der Waals surface area contributed by atoms with Gasteiger partial charge in [0.15, 0.2) is 5.41 Å². The highest BCUT2D eigenvalue weighted by molar-refractivity contribution is 6.01. The Kier molecular flexibility index (Phi) is 6.40. The van der Waals surface area contributed by atoms with Gasteiger partial charge in [-0.05, 0) is 39.0 Å². The van der Waals surface area contributed by atoms with E-state index in [1.165, 1.54) is 0 Å². The molecule has 0 aliphatic heterocycles. The molecule has 0 spiro atoms. The van der Waals surface area contributed by atoms with Crippen molar-refractivity contribution in [3.05, 3.63) is 37.0 Å². The van der Waals surface area contributed by atoms with Crippen LogP contribution in [0.1, 0.15) is 33.1 Å². The van der Waals surface area contributed by atoms with E-state index in [0.29, 0.717) is 19.3 Å². The number of esters is 2. The van der Waals surface area contributed by atoms with E-state index in [2.05, 4.69) is 13.2 Å². The van der Waals surface area contributed by atoms with Crippen LogP contribution >= 0.6 is 0 Å². The Labute approximate surface area is 126 Å². The van der Waals surface area contributed by atoms with Crippen molar-refractivity contribution in [2.24, 2.45) is 11.3 Å². The Morgan fingerprint density at radius 3 is 2.24 bits per heavy atom. The van der Waals surface area contributed by atoms with Crippen LogP contribution in [0.5, 0.6) is 0 Å². The lowest BCUT2D eigenvalue weighted by atomic mass is 9.85. The number of carbonyl (C=O) groups is 2. The molecule has 0 radical (unpaired) electrons. The van der Waals surface area contributed by atoms with Gasteiger partial charge in [0.25, 0.3) is 0 Å². The zero-order valence-corrected chi connectivity index (χ0v) is 12.9. The molecule has 116 valence electrons. The Bertz CT molecular complexity index is 430. The molecule has 1 aliphatic rings. The van der Waals surface area contributed by atoms with E-state index in [1.807, 2.05) is 6.08 Å². The first kappa shape index (κ1) is 17.2. The van der Waals surface area contributed by atoms with Crippen LogP contribution < -0.4 is 0 Å². The van der Waals surface area contributed by atoms with Gasteiger partial charge in [0.05, 0.1) is 13.2 Å². The van der Waals surface area contributed by atoms with E-state index in [4.69, 9.17) is 9.47 Å². The number of hydrogen-bond donors (Lipinski definition) is 0. The SMILES string of the molecule is C=CC/C=C1/CC(C(=O)OCC)(C(=O)OCC)CC1C=C. The molecule has 0 heterocycles. The lowest BCUT2D eigenvalue weighted by Crippen LogP contribution is -2.40. The molecule has 0 saturated heterocycles. The van der Waals surface area contributed by atoms with E-state index in [1.54, 1.807) is 26.0 Å². The fraction of sp³-hybridized carbons (Fsp3) is 0.529. The standard InChI is InChI=1S/C17H24O4/c1-5-9-10-14-12-17(11-13(14)6-2,15(18)20-7-3)16(19)21-8-4/h5-6,10,13H,1-2,7-9,11-12H2,3-4H3/b14-10-. The molecule has 1 fully saturated rings. The van der Waals surface area contributed by atoms with Crippen molar-refractivity contribution in [1.82, 2.24) is 0 Å². The van der Waals surface area contributed by atoms with E-state index >= 15 is 0 Å². The number of hydrogen-bond acceptors (Lipinski definition) is 4. The summed E-state index contributed by atoms with van der Waals surface area (Å²) >= 11 is 0. The van der Waals surface area contributed by atoms with Crippen molar-refractivity contribution in [2.45, 2.75) is 33.1 Å². The van der Waals surface area contributed by atoms with Crippen LogP contribution in [0.15, 0.2) is 37.0 Å². The van der Waals surface area contributed by atoms with E-state index in [9.17, 15) is 9.59 Å². The Morgan fingerprint density at radius 2 is 1.81 bits per heavy atom. The zero-order valence-electron chi connectivity index (χ0n) is 12.9. The molecular formula is C17H24O4. The summed E-state index contributed by atoms with van der Waals surface area (Å²) in [6.07, 6.45) is 6.93. The van der Waals surface area contributed by atoms with E-state index in [-0.39, 0.29) is 19.1 Å². The lowest BCUT2D eigenvalue weighted by molar-refractivity contribution is -0.171. The van der Waals surface area contributed by atoms with Crippen molar-refractivity contribution in [2.75, 3.05) is 13.2 Å². The monoisotopic (exact) mass is 292 g/mol. The van der Waals surface area contributed by atoms with Gasteiger partial charge in [-0.3, -0.25) is 9.59 Å². The van der Waals surface area contributed by atoms with Gasteiger partial charge in [-0.2, -0.15) is 0 Å². The Morgan fingerprint density at radius 1 is 1.24 bits per heavy atom. The molecular weight excluding hydrogens is 268 g/mol. The van der Waals surface area contributed by atoms with Crippen LogP contribution in [0.4, 0.5) is 0 Å². The van der Waals surface area contributed by atoms with Crippen LogP contribution in [-0.2, 0) is 19.1 Å². The minimum Gasteiger partial charge on any atom is -0.465 e. The lowest BCUT2D eigenvalue weighted by Gasteiger charge is -2.24. The third kappa shape index (κ3) is 3.63. The molecule has 1 atom stereocenters. The molecule has 4 heteroatoms. The largest absolute Gasteiger partial charge is 0.465 e. The molecule has 1 rings (SSSR count). The molecule has 0 N–H and O–H groups in total. The molecule has 0 amide bonds. The predicted octanol–water partition coefficient (Wildman–Crippen LogP) is 3.20.